The van der Waals surface area contributed by atoms with Crippen LogP contribution in [0.15, 0.2) is 70.0 Å². The van der Waals surface area contributed by atoms with Crippen molar-refractivity contribution in [2.75, 3.05) is 18.4 Å². The second kappa shape index (κ2) is 11.0. The Labute approximate surface area is 229 Å². The van der Waals surface area contributed by atoms with Gasteiger partial charge in [0.1, 0.15) is 17.4 Å². The van der Waals surface area contributed by atoms with Gasteiger partial charge in [0.15, 0.2) is 5.75 Å². The summed E-state index contributed by atoms with van der Waals surface area (Å²) in [7, 11) is -3.81. The van der Waals surface area contributed by atoms with Gasteiger partial charge in [-0.25, -0.2) is 22.0 Å². The zero-order valence-corrected chi connectivity index (χ0v) is 23.5. The Bertz CT molecular complexity index is 1450. The van der Waals surface area contributed by atoms with Gasteiger partial charge < -0.3 is 15.4 Å². The van der Waals surface area contributed by atoms with E-state index < -0.39 is 39.1 Å². The third-order valence-corrected chi connectivity index (χ3v) is 9.24. The number of urea groups is 1. The molecule has 7 nitrogen and oxygen atoms in total. The lowest BCUT2D eigenvalue weighted by Gasteiger charge is -2.20. The molecule has 0 aromatic heterocycles. The van der Waals surface area contributed by atoms with Gasteiger partial charge in [0.25, 0.3) is 0 Å². The molecule has 0 saturated heterocycles. The van der Waals surface area contributed by atoms with Gasteiger partial charge in [0.2, 0.25) is 10.0 Å². The topological polar surface area (TPSA) is 87.7 Å². The molecule has 2 unspecified atom stereocenters. The van der Waals surface area contributed by atoms with Crippen molar-refractivity contribution in [1.82, 2.24) is 9.62 Å². The maximum absolute atomic E-state index is 14.4. The van der Waals surface area contributed by atoms with Crippen molar-refractivity contribution in [1.29, 1.82) is 0 Å². The average molecular weight is 609 g/mol. The first-order chi connectivity index (χ1) is 18.0. The molecular weight excluding hydrogens is 580 g/mol. The number of nitrogens with one attached hydrogen (secondary N) is 2. The summed E-state index contributed by atoms with van der Waals surface area (Å²) in [5.74, 6) is -0.389. The zero-order chi connectivity index (χ0) is 27.7. The Balaban J connectivity index is 1.59. The van der Waals surface area contributed by atoms with Crippen LogP contribution in [0.1, 0.15) is 32.8 Å². The minimum Gasteiger partial charge on any atom is -0.455 e. The molecule has 1 aliphatic rings. The number of ether oxygens (including phenoxy) is 1. The molecule has 1 saturated carbocycles. The average Bonchev–Trinajstić information content (AvgIpc) is 3.53. The van der Waals surface area contributed by atoms with Gasteiger partial charge in [-0.15, -0.1) is 0 Å². The molecule has 3 aromatic carbocycles. The molecule has 202 valence electrons. The summed E-state index contributed by atoms with van der Waals surface area (Å²) in [6, 6.07) is 13.4. The molecule has 3 aromatic rings. The van der Waals surface area contributed by atoms with E-state index in [0.717, 1.165) is 22.7 Å². The summed E-state index contributed by atoms with van der Waals surface area (Å²) >= 11 is 3.36. The second-order valence-corrected chi connectivity index (χ2v) is 12.1. The SMILES string of the molecule is CCN(CC)S(=O)(=O)c1ccc(Oc2ccc(Br)cc2)c(NC(=O)NC2CC2(C)c2cc(F)ccc2F)c1. The fraction of sp³-hybridized carbons (Fsp3) is 0.296. The Kier molecular flexibility index (Phi) is 8.10. The Morgan fingerprint density at radius 1 is 1.08 bits per heavy atom. The van der Waals surface area contributed by atoms with Gasteiger partial charge >= 0.3 is 6.03 Å². The minimum absolute atomic E-state index is 0.00208. The molecule has 0 heterocycles. The Hall–Kier alpha value is -3.02. The van der Waals surface area contributed by atoms with Crippen molar-refractivity contribution in [3.05, 3.63) is 82.3 Å². The van der Waals surface area contributed by atoms with E-state index in [-0.39, 0.29) is 35.0 Å². The largest absolute Gasteiger partial charge is 0.455 e. The van der Waals surface area contributed by atoms with Gasteiger partial charge in [-0.3, -0.25) is 0 Å². The monoisotopic (exact) mass is 607 g/mol. The van der Waals surface area contributed by atoms with E-state index in [9.17, 15) is 22.0 Å². The maximum Gasteiger partial charge on any atom is 0.319 e. The van der Waals surface area contributed by atoms with Gasteiger partial charge in [0.05, 0.1) is 10.6 Å². The van der Waals surface area contributed by atoms with Crippen LogP contribution in [0.2, 0.25) is 0 Å². The first-order valence-corrected chi connectivity index (χ1v) is 14.3. The Morgan fingerprint density at radius 2 is 1.76 bits per heavy atom. The minimum atomic E-state index is -3.81. The maximum atomic E-state index is 14.4. The van der Waals surface area contributed by atoms with Crippen molar-refractivity contribution < 1.29 is 26.7 Å². The van der Waals surface area contributed by atoms with Crippen LogP contribution in [0, 0.1) is 11.6 Å². The molecule has 0 aliphatic heterocycles. The molecule has 0 bridgehead atoms. The third-order valence-electron chi connectivity index (χ3n) is 6.67. The van der Waals surface area contributed by atoms with Gasteiger partial charge in [-0.2, -0.15) is 4.31 Å². The lowest BCUT2D eigenvalue weighted by atomic mass is 9.96. The number of benzene rings is 3. The van der Waals surface area contributed by atoms with Crippen LogP contribution in [-0.4, -0.2) is 37.9 Å². The highest BCUT2D eigenvalue weighted by molar-refractivity contribution is 9.10. The molecule has 2 atom stereocenters. The number of carbonyl (C=O) groups excluding carboxylic acids is 1. The fourth-order valence-electron chi connectivity index (χ4n) is 4.32. The predicted molar refractivity (Wildman–Crippen MR) is 145 cm³/mol. The highest BCUT2D eigenvalue weighted by Crippen LogP contribution is 2.49. The van der Waals surface area contributed by atoms with Crippen LogP contribution in [0.4, 0.5) is 19.3 Å². The van der Waals surface area contributed by atoms with Gasteiger partial charge in [-0.1, -0.05) is 36.7 Å². The molecule has 2 amide bonds. The second-order valence-electron chi connectivity index (χ2n) is 9.20. The quantitative estimate of drug-likeness (QED) is 0.294. The van der Waals surface area contributed by atoms with E-state index in [1.165, 1.54) is 22.5 Å². The number of halogens is 3. The van der Waals surface area contributed by atoms with E-state index in [2.05, 4.69) is 26.6 Å². The smallest absolute Gasteiger partial charge is 0.319 e. The van der Waals surface area contributed by atoms with Crippen molar-refractivity contribution >= 4 is 37.7 Å². The van der Waals surface area contributed by atoms with Crippen molar-refractivity contribution in [3.8, 4) is 11.5 Å². The number of hydrogen-bond acceptors (Lipinski definition) is 4. The summed E-state index contributed by atoms with van der Waals surface area (Å²) in [5.41, 5.74) is -0.443. The number of anilines is 1. The van der Waals surface area contributed by atoms with Gasteiger partial charge in [0, 0.05) is 29.0 Å². The first kappa shape index (κ1) is 28.0. The molecule has 4 rings (SSSR count). The normalized spacial score (nSPS) is 18.8. The Morgan fingerprint density at radius 3 is 2.42 bits per heavy atom. The molecular formula is C27H28BrF2N3O4S. The molecule has 2 N–H and O–H groups in total. The molecule has 0 radical (unpaired) electrons. The lowest BCUT2D eigenvalue weighted by Crippen LogP contribution is -2.34. The summed E-state index contributed by atoms with van der Waals surface area (Å²) < 4.78 is 62.4. The summed E-state index contributed by atoms with van der Waals surface area (Å²) in [6.45, 7) is 5.81. The van der Waals surface area contributed by atoms with Crippen LogP contribution >= 0.6 is 15.9 Å². The van der Waals surface area contributed by atoms with E-state index in [4.69, 9.17) is 4.74 Å². The summed E-state index contributed by atoms with van der Waals surface area (Å²) in [5, 5.41) is 5.46. The number of amides is 2. The van der Waals surface area contributed by atoms with Crippen LogP contribution in [-0.2, 0) is 15.4 Å². The standard InChI is InChI=1S/C27H28BrF2N3O4S/c1-4-33(5-2)38(35,36)20-11-13-24(37-19-9-6-17(28)7-10-19)23(15-20)31-26(34)32-25-16-27(25,3)21-14-18(29)8-12-22(21)30/h6-15,25H,4-5,16H2,1-3H3,(H2,31,32,34). The van der Waals surface area contributed by atoms with Gasteiger partial charge in [-0.05, 0) is 72.6 Å². The molecule has 38 heavy (non-hydrogen) atoms. The first-order valence-electron chi connectivity index (χ1n) is 12.1. The van der Waals surface area contributed by atoms with Crippen molar-refractivity contribution in [2.45, 2.75) is 43.5 Å². The highest BCUT2D eigenvalue weighted by Gasteiger charge is 2.53. The van der Waals surface area contributed by atoms with Crippen molar-refractivity contribution in [2.24, 2.45) is 0 Å². The third kappa shape index (κ3) is 5.84. The number of nitrogens with zero attached hydrogens (tertiary/aromatic N) is 1. The number of carbonyl (C=O) groups is 1. The summed E-state index contributed by atoms with van der Waals surface area (Å²) in [6.07, 6.45) is 0.416. The van der Waals surface area contributed by atoms with Crippen molar-refractivity contribution in [3.63, 3.8) is 0 Å². The van der Waals surface area contributed by atoms with Crippen LogP contribution < -0.4 is 15.4 Å². The number of hydrogen-bond donors (Lipinski definition) is 2. The highest BCUT2D eigenvalue weighted by atomic mass is 79.9. The summed E-state index contributed by atoms with van der Waals surface area (Å²) in [4.78, 5) is 13.0. The van der Waals surface area contributed by atoms with Crippen LogP contribution in [0.5, 0.6) is 11.5 Å². The fourth-order valence-corrected chi connectivity index (χ4v) is 6.07. The zero-order valence-electron chi connectivity index (χ0n) is 21.1. The molecule has 1 fully saturated rings. The molecule has 0 spiro atoms. The van der Waals surface area contributed by atoms with Crippen LogP contribution in [0.25, 0.3) is 0 Å². The lowest BCUT2D eigenvalue weighted by molar-refractivity contribution is 0.251. The van der Waals surface area contributed by atoms with E-state index in [1.807, 2.05) is 0 Å². The van der Waals surface area contributed by atoms with E-state index in [0.29, 0.717) is 12.2 Å². The predicted octanol–water partition coefficient (Wildman–Crippen LogP) is 6.40. The van der Waals surface area contributed by atoms with E-state index in [1.54, 1.807) is 45.0 Å². The molecule has 1 aliphatic carbocycles. The van der Waals surface area contributed by atoms with Crippen LogP contribution in [0.3, 0.4) is 0 Å². The number of sulfonamides is 1. The number of rotatable bonds is 9. The van der Waals surface area contributed by atoms with E-state index >= 15 is 0 Å². The molecule has 11 heteroatoms.